The molecular formula is C27H25N3O5. The second kappa shape index (κ2) is 9.06. The number of imide groups is 2. The summed E-state index contributed by atoms with van der Waals surface area (Å²) in [5, 5.41) is 2.27. The number of ether oxygens (including phenoxy) is 1. The molecule has 3 aromatic rings. The van der Waals surface area contributed by atoms with Gasteiger partial charge in [-0.3, -0.25) is 14.9 Å². The summed E-state index contributed by atoms with van der Waals surface area (Å²) in [6.45, 7) is 7.47. The summed E-state index contributed by atoms with van der Waals surface area (Å²) in [6.07, 6.45) is 1.51. The second-order valence-corrected chi connectivity index (χ2v) is 8.40. The fourth-order valence-electron chi connectivity index (χ4n) is 4.30. The van der Waals surface area contributed by atoms with E-state index in [2.05, 4.69) is 5.32 Å². The molecular weight excluding hydrogens is 446 g/mol. The van der Waals surface area contributed by atoms with Crippen LogP contribution in [0.1, 0.15) is 38.4 Å². The van der Waals surface area contributed by atoms with Gasteiger partial charge in [-0.2, -0.15) is 0 Å². The first-order chi connectivity index (χ1) is 16.6. The number of amides is 4. The number of benzene rings is 2. The van der Waals surface area contributed by atoms with Crippen molar-refractivity contribution in [2.75, 3.05) is 12.0 Å². The number of carbonyl (C=O) groups excluding carboxylic acids is 4. The van der Waals surface area contributed by atoms with Crippen molar-refractivity contribution in [3.8, 4) is 5.69 Å². The summed E-state index contributed by atoms with van der Waals surface area (Å²) in [5.41, 5.74) is 5.51. The van der Waals surface area contributed by atoms with Gasteiger partial charge in [0.05, 0.1) is 18.4 Å². The highest BCUT2D eigenvalue weighted by Gasteiger charge is 2.37. The van der Waals surface area contributed by atoms with Crippen molar-refractivity contribution in [2.45, 2.75) is 27.7 Å². The number of carbonyl (C=O) groups is 4. The number of aryl methyl sites for hydroxylation is 3. The first-order valence-corrected chi connectivity index (χ1v) is 11.0. The molecule has 2 heterocycles. The average molecular weight is 472 g/mol. The van der Waals surface area contributed by atoms with Gasteiger partial charge < -0.3 is 9.30 Å². The Hall–Kier alpha value is -4.46. The first kappa shape index (κ1) is 23.7. The van der Waals surface area contributed by atoms with Crippen LogP contribution in [0.25, 0.3) is 11.8 Å². The highest BCUT2D eigenvalue weighted by atomic mass is 16.5. The Morgan fingerprint density at radius 2 is 1.63 bits per heavy atom. The number of aromatic nitrogens is 1. The fourth-order valence-corrected chi connectivity index (χ4v) is 4.30. The SMILES string of the molecule is COC(=O)c1ccc(-n2c(C)cc(/C=C3\C(=O)NC(=O)N(c4ccccc4C)C3=O)c2C)c(C)c1. The van der Waals surface area contributed by atoms with Gasteiger partial charge in [0.25, 0.3) is 11.8 Å². The Labute approximate surface area is 202 Å². The van der Waals surface area contributed by atoms with Crippen molar-refractivity contribution < 1.29 is 23.9 Å². The minimum absolute atomic E-state index is 0.133. The molecule has 4 rings (SSSR count). The van der Waals surface area contributed by atoms with E-state index in [1.807, 2.05) is 43.5 Å². The largest absolute Gasteiger partial charge is 0.465 e. The van der Waals surface area contributed by atoms with Gasteiger partial charge in [-0.1, -0.05) is 18.2 Å². The number of anilines is 1. The molecule has 0 spiro atoms. The standard InChI is InChI=1S/C27H25N3O5/c1-15-8-6-7-9-22(15)30-25(32)21(24(31)28-27(30)34)14-20-13-17(3)29(18(20)4)23-11-10-19(12-16(23)2)26(33)35-5/h6-14H,1-5H3,(H,28,31,34)/b21-14+. The van der Waals surface area contributed by atoms with Crippen molar-refractivity contribution in [2.24, 2.45) is 0 Å². The van der Waals surface area contributed by atoms with Gasteiger partial charge in [-0.15, -0.1) is 0 Å². The van der Waals surface area contributed by atoms with Crippen LogP contribution in [0.5, 0.6) is 0 Å². The minimum Gasteiger partial charge on any atom is -0.465 e. The van der Waals surface area contributed by atoms with Crippen LogP contribution in [0.2, 0.25) is 0 Å². The lowest BCUT2D eigenvalue weighted by Crippen LogP contribution is -2.54. The quantitative estimate of drug-likeness (QED) is 0.350. The van der Waals surface area contributed by atoms with Crippen molar-refractivity contribution in [1.29, 1.82) is 0 Å². The summed E-state index contributed by atoms with van der Waals surface area (Å²) in [6, 6.07) is 13.3. The number of methoxy groups -OCH3 is 1. The molecule has 178 valence electrons. The zero-order chi connectivity index (χ0) is 25.4. The van der Waals surface area contributed by atoms with E-state index in [1.54, 1.807) is 37.3 Å². The number of hydrogen-bond donors (Lipinski definition) is 1. The van der Waals surface area contributed by atoms with Crippen LogP contribution in [0, 0.1) is 27.7 Å². The van der Waals surface area contributed by atoms with Gasteiger partial charge in [-0.05, 0) is 80.8 Å². The van der Waals surface area contributed by atoms with Crippen molar-refractivity contribution in [3.63, 3.8) is 0 Å². The number of nitrogens with zero attached hydrogens (tertiary/aromatic N) is 2. The van der Waals surface area contributed by atoms with E-state index < -0.39 is 23.8 Å². The molecule has 1 N–H and O–H groups in total. The highest BCUT2D eigenvalue weighted by molar-refractivity contribution is 6.39. The van der Waals surface area contributed by atoms with E-state index in [-0.39, 0.29) is 5.57 Å². The monoisotopic (exact) mass is 471 g/mol. The number of esters is 1. The molecule has 8 nitrogen and oxygen atoms in total. The zero-order valence-electron chi connectivity index (χ0n) is 20.1. The number of rotatable bonds is 4. The fraction of sp³-hybridized carbons (Fsp3) is 0.185. The lowest BCUT2D eigenvalue weighted by molar-refractivity contribution is -0.122. The number of para-hydroxylation sites is 1. The molecule has 0 atom stereocenters. The molecule has 35 heavy (non-hydrogen) atoms. The maximum atomic E-state index is 13.3. The summed E-state index contributed by atoms with van der Waals surface area (Å²) in [5.74, 6) is -1.84. The van der Waals surface area contributed by atoms with Crippen LogP contribution in [-0.4, -0.2) is 35.5 Å². The number of barbiturate groups is 1. The second-order valence-electron chi connectivity index (χ2n) is 8.40. The maximum absolute atomic E-state index is 13.3. The molecule has 1 fully saturated rings. The van der Waals surface area contributed by atoms with Crippen LogP contribution in [0.3, 0.4) is 0 Å². The number of urea groups is 1. The Balaban J connectivity index is 1.76. The molecule has 0 radical (unpaired) electrons. The molecule has 4 amide bonds. The van der Waals surface area contributed by atoms with Gasteiger partial charge in [0.15, 0.2) is 0 Å². The van der Waals surface area contributed by atoms with E-state index in [0.29, 0.717) is 16.8 Å². The van der Waals surface area contributed by atoms with E-state index in [9.17, 15) is 19.2 Å². The molecule has 0 saturated carbocycles. The van der Waals surface area contributed by atoms with Crippen LogP contribution >= 0.6 is 0 Å². The van der Waals surface area contributed by atoms with E-state index in [1.165, 1.54) is 13.2 Å². The third kappa shape index (κ3) is 4.14. The average Bonchev–Trinajstić information content (AvgIpc) is 3.09. The highest BCUT2D eigenvalue weighted by Crippen LogP contribution is 2.28. The van der Waals surface area contributed by atoms with Crippen LogP contribution in [0.15, 0.2) is 54.1 Å². The lowest BCUT2D eigenvalue weighted by Gasteiger charge is -2.27. The van der Waals surface area contributed by atoms with Crippen molar-refractivity contribution in [1.82, 2.24) is 9.88 Å². The third-order valence-electron chi connectivity index (χ3n) is 6.09. The molecule has 1 aliphatic heterocycles. The van der Waals surface area contributed by atoms with Gasteiger partial charge in [-0.25, -0.2) is 14.5 Å². The lowest BCUT2D eigenvalue weighted by atomic mass is 10.1. The Bertz CT molecular complexity index is 1430. The van der Waals surface area contributed by atoms with E-state index >= 15 is 0 Å². The van der Waals surface area contributed by atoms with Crippen LogP contribution < -0.4 is 10.2 Å². The molecule has 1 aromatic heterocycles. The number of hydrogen-bond acceptors (Lipinski definition) is 5. The van der Waals surface area contributed by atoms with E-state index in [0.717, 1.165) is 33.1 Å². The molecule has 0 bridgehead atoms. The molecule has 0 unspecified atom stereocenters. The van der Waals surface area contributed by atoms with Gasteiger partial charge in [0.2, 0.25) is 0 Å². The van der Waals surface area contributed by atoms with Crippen molar-refractivity contribution in [3.05, 3.63) is 87.7 Å². The maximum Gasteiger partial charge on any atom is 0.337 e. The third-order valence-corrected chi connectivity index (χ3v) is 6.09. The van der Waals surface area contributed by atoms with E-state index in [4.69, 9.17) is 4.74 Å². The summed E-state index contributed by atoms with van der Waals surface area (Å²) in [7, 11) is 1.34. The molecule has 1 saturated heterocycles. The molecule has 0 aliphatic carbocycles. The minimum atomic E-state index is -0.779. The topological polar surface area (TPSA) is 97.7 Å². The zero-order valence-corrected chi connectivity index (χ0v) is 20.1. The first-order valence-electron chi connectivity index (χ1n) is 11.0. The smallest absolute Gasteiger partial charge is 0.337 e. The normalized spacial score (nSPS) is 14.9. The van der Waals surface area contributed by atoms with Crippen LogP contribution in [-0.2, 0) is 14.3 Å². The van der Waals surface area contributed by atoms with Crippen molar-refractivity contribution >= 4 is 35.6 Å². The summed E-state index contributed by atoms with van der Waals surface area (Å²) < 4.78 is 6.78. The van der Waals surface area contributed by atoms with Gasteiger partial charge in [0, 0.05) is 17.1 Å². The van der Waals surface area contributed by atoms with Gasteiger partial charge in [0.1, 0.15) is 5.57 Å². The molecule has 8 heteroatoms. The summed E-state index contributed by atoms with van der Waals surface area (Å²) in [4.78, 5) is 51.3. The predicted molar refractivity (Wildman–Crippen MR) is 132 cm³/mol. The Morgan fingerprint density at radius 1 is 0.914 bits per heavy atom. The summed E-state index contributed by atoms with van der Waals surface area (Å²) >= 11 is 0. The van der Waals surface area contributed by atoms with Crippen LogP contribution in [0.4, 0.5) is 10.5 Å². The molecule has 2 aromatic carbocycles. The van der Waals surface area contributed by atoms with Gasteiger partial charge >= 0.3 is 12.0 Å². The molecule has 1 aliphatic rings. The Morgan fingerprint density at radius 3 is 2.29 bits per heavy atom. The predicted octanol–water partition coefficient (Wildman–Crippen LogP) is 4.16. The number of nitrogens with one attached hydrogen (secondary N) is 1. The Kier molecular flexibility index (Phi) is 6.13.